The zero-order chi connectivity index (χ0) is 17.7. The number of carbonyl (C=O) groups excluding carboxylic acids is 1. The van der Waals surface area contributed by atoms with Crippen LogP contribution in [0.25, 0.3) is 0 Å². The van der Waals surface area contributed by atoms with Gasteiger partial charge in [-0.25, -0.2) is 8.42 Å². The van der Waals surface area contributed by atoms with Crippen molar-refractivity contribution in [2.75, 3.05) is 17.2 Å². The molecule has 1 fully saturated rings. The van der Waals surface area contributed by atoms with Crippen LogP contribution in [0.1, 0.15) is 39.5 Å². The number of rotatable bonds is 7. The molecule has 7 heteroatoms. The molecule has 0 heterocycles. The third-order valence-electron chi connectivity index (χ3n) is 4.19. The van der Waals surface area contributed by atoms with Gasteiger partial charge in [0, 0.05) is 6.04 Å². The van der Waals surface area contributed by atoms with Gasteiger partial charge in [0.1, 0.15) is 11.8 Å². The third kappa shape index (κ3) is 4.63. The van der Waals surface area contributed by atoms with Gasteiger partial charge in [0.25, 0.3) is 0 Å². The topological polar surface area (TPSA) is 75.7 Å². The molecule has 0 aromatic heterocycles. The van der Waals surface area contributed by atoms with E-state index in [0.29, 0.717) is 18.0 Å². The van der Waals surface area contributed by atoms with Gasteiger partial charge in [0.15, 0.2) is 0 Å². The number of benzene rings is 1. The lowest BCUT2D eigenvalue weighted by Crippen LogP contribution is -2.49. The van der Waals surface area contributed by atoms with Gasteiger partial charge in [-0.2, -0.15) is 0 Å². The highest BCUT2D eigenvalue weighted by Gasteiger charge is 2.30. The Balaban J connectivity index is 2.19. The zero-order valence-corrected chi connectivity index (χ0v) is 15.3. The van der Waals surface area contributed by atoms with Gasteiger partial charge in [-0.15, -0.1) is 0 Å². The fourth-order valence-corrected chi connectivity index (χ4v) is 4.23. The Labute approximate surface area is 144 Å². The first kappa shape index (κ1) is 18.6. The first-order chi connectivity index (χ1) is 11.3. The molecule has 0 bridgehead atoms. The maximum atomic E-state index is 12.5. The minimum atomic E-state index is -3.59. The summed E-state index contributed by atoms with van der Waals surface area (Å²) in [6.45, 7) is 4.03. The Kier molecular flexibility index (Phi) is 6.10. The molecule has 1 aromatic carbocycles. The van der Waals surface area contributed by atoms with Crippen LogP contribution in [-0.4, -0.2) is 39.3 Å². The van der Waals surface area contributed by atoms with Crippen molar-refractivity contribution in [3.05, 3.63) is 24.3 Å². The molecule has 6 nitrogen and oxygen atoms in total. The Morgan fingerprint density at radius 1 is 1.29 bits per heavy atom. The molecule has 0 saturated heterocycles. The fourth-order valence-electron chi connectivity index (χ4n) is 3.06. The van der Waals surface area contributed by atoms with Gasteiger partial charge in [0.2, 0.25) is 15.9 Å². The number of sulfonamides is 1. The average molecular weight is 354 g/mol. The summed E-state index contributed by atoms with van der Waals surface area (Å²) >= 11 is 0. The van der Waals surface area contributed by atoms with Crippen LogP contribution in [0.5, 0.6) is 5.75 Å². The molecule has 1 N–H and O–H groups in total. The Hall–Kier alpha value is -1.76. The number of hydrogen-bond acceptors (Lipinski definition) is 4. The second-order valence-electron chi connectivity index (χ2n) is 6.15. The van der Waals surface area contributed by atoms with E-state index in [1.807, 2.05) is 6.92 Å². The molecular weight excluding hydrogens is 328 g/mol. The van der Waals surface area contributed by atoms with Crippen molar-refractivity contribution >= 4 is 21.6 Å². The maximum Gasteiger partial charge on any atom is 0.243 e. The van der Waals surface area contributed by atoms with E-state index < -0.39 is 16.1 Å². The standard InChI is InChI=1S/C17H26N2O4S/c1-4-23-16-11-9-15(10-12-16)19(24(3,21)22)13(2)17(20)18-14-7-5-6-8-14/h9-14H,4-8H2,1-3H3,(H,18,20)/t13-/m1/s1. The summed E-state index contributed by atoms with van der Waals surface area (Å²) in [5, 5.41) is 2.96. The summed E-state index contributed by atoms with van der Waals surface area (Å²) in [7, 11) is -3.59. The van der Waals surface area contributed by atoms with E-state index in [1.54, 1.807) is 31.2 Å². The van der Waals surface area contributed by atoms with Crippen molar-refractivity contribution in [1.82, 2.24) is 5.32 Å². The van der Waals surface area contributed by atoms with E-state index in [1.165, 1.54) is 0 Å². The number of nitrogens with zero attached hydrogens (tertiary/aromatic N) is 1. The summed E-state index contributed by atoms with van der Waals surface area (Å²) < 4.78 is 31.0. The zero-order valence-electron chi connectivity index (χ0n) is 14.5. The van der Waals surface area contributed by atoms with Crippen LogP contribution in [0.3, 0.4) is 0 Å². The van der Waals surface area contributed by atoms with Crippen molar-refractivity contribution in [2.45, 2.75) is 51.6 Å². The highest BCUT2D eigenvalue weighted by Crippen LogP contribution is 2.24. The second kappa shape index (κ2) is 7.88. The van der Waals surface area contributed by atoms with Gasteiger partial charge >= 0.3 is 0 Å². The van der Waals surface area contributed by atoms with Gasteiger partial charge in [0.05, 0.1) is 18.6 Å². The molecule has 0 spiro atoms. The first-order valence-corrected chi connectivity index (χ1v) is 10.2. The van der Waals surface area contributed by atoms with Gasteiger partial charge in [-0.3, -0.25) is 9.10 Å². The van der Waals surface area contributed by atoms with Crippen molar-refractivity contribution in [2.24, 2.45) is 0 Å². The largest absolute Gasteiger partial charge is 0.494 e. The summed E-state index contributed by atoms with van der Waals surface area (Å²) in [4.78, 5) is 12.5. The summed E-state index contributed by atoms with van der Waals surface area (Å²) in [6.07, 6.45) is 5.24. The average Bonchev–Trinajstić information content (AvgIpc) is 3.01. The molecule has 0 radical (unpaired) electrons. The number of nitrogens with one attached hydrogen (secondary N) is 1. The van der Waals surface area contributed by atoms with E-state index in [4.69, 9.17) is 4.74 Å². The van der Waals surface area contributed by atoms with Crippen LogP contribution in [0.2, 0.25) is 0 Å². The van der Waals surface area contributed by atoms with E-state index in [-0.39, 0.29) is 11.9 Å². The predicted octanol–water partition coefficient (Wildman–Crippen LogP) is 2.30. The van der Waals surface area contributed by atoms with Crippen molar-refractivity contribution in [3.63, 3.8) is 0 Å². The Morgan fingerprint density at radius 3 is 2.38 bits per heavy atom. The first-order valence-electron chi connectivity index (χ1n) is 8.35. The number of hydrogen-bond donors (Lipinski definition) is 1. The molecular formula is C17H26N2O4S. The molecule has 1 saturated carbocycles. The predicted molar refractivity (Wildman–Crippen MR) is 94.8 cm³/mol. The van der Waals surface area contributed by atoms with E-state index >= 15 is 0 Å². The van der Waals surface area contributed by atoms with E-state index in [0.717, 1.165) is 36.2 Å². The lowest BCUT2D eigenvalue weighted by atomic mass is 10.2. The van der Waals surface area contributed by atoms with E-state index in [9.17, 15) is 13.2 Å². The second-order valence-corrected chi connectivity index (χ2v) is 8.01. The molecule has 1 aliphatic carbocycles. The molecule has 0 unspecified atom stereocenters. The summed E-state index contributed by atoms with van der Waals surface area (Å²) in [6, 6.07) is 6.08. The van der Waals surface area contributed by atoms with Crippen molar-refractivity contribution in [3.8, 4) is 5.75 Å². The van der Waals surface area contributed by atoms with Crippen LogP contribution in [0.15, 0.2) is 24.3 Å². The quantitative estimate of drug-likeness (QED) is 0.815. The Morgan fingerprint density at radius 2 is 1.88 bits per heavy atom. The monoisotopic (exact) mass is 354 g/mol. The van der Waals surface area contributed by atoms with E-state index in [2.05, 4.69) is 5.32 Å². The Bertz CT molecular complexity index is 652. The lowest BCUT2D eigenvalue weighted by molar-refractivity contribution is -0.122. The minimum Gasteiger partial charge on any atom is -0.494 e. The van der Waals surface area contributed by atoms with Crippen LogP contribution in [0.4, 0.5) is 5.69 Å². The number of anilines is 1. The smallest absolute Gasteiger partial charge is 0.243 e. The molecule has 0 aliphatic heterocycles. The number of ether oxygens (including phenoxy) is 1. The molecule has 1 aliphatic rings. The van der Waals surface area contributed by atoms with Crippen molar-refractivity contribution in [1.29, 1.82) is 0 Å². The SMILES string of the molecule is CCOc1ccc(N([C@H](C)C(=O)NC2CCCC2)S(C)(=O)=O)cc1. The lowest BCUT2D eigenvalue weighted by Gasteiger charge is -2.29. The van der Waals surface area contributed by atoms with Crippen LogP contribution < -0.4 is 14.4 Å². The normalized spacial score (nSPS) is 16.6. The third-order valence-corrected chi connectivity index (χ3v) is 5.43. The molecule has 1 atom stereocenters. The maximum absolute atomic E-state index is 12.5. The van der Waals surface area contributed by atoms with Crippen LogP contribution in [-0.2, 0) is 14.8 Å². The summed E-state index contributed by atoms with van der Waals surface area (Å²) in [5.74, 6) is 0.402. The minimum absolute atomic E-state index is 0.154. The molecule has 1 amide bonds. The number of amides is 1. The molecule has 2 rings (SSSR count). The van der Waals surface area contributed by atoms with Crippen LogP contribution in [0, 0.1) is 0 Å². The van der Waals surface area contributed by atoms with Gasteiger partial charge in [-0.05, 0) is 51.0 Å². The number of carbonyl (C=O) groups is 1. The molecule has 134 valence electrons. The highest BCUT2D eigenvalue weighted by molar-refractivity contribution is 7.92. The van der Waals surface area contributed by atoms with Gasteiger partial charge < -0.3 is 10.1 Å². The fraction of sp³-hybridized carbons (Fsp3) is 0.588. The van der Waals surface area contributed by atoms with Crippen LogP contribution >= 0.6 is 0 Å². The summed E-state index contributed by atoms with van der Waals surface area (Å²) in [5.41, 5.74) is 0.454. The van der Waals surface area contributed by atoms with Gasteiger partial charge in [-0.1, -0.05) is 12.8 Å². The molecule has 1 aromatic rings. The highest BCUT2D eigenvalue weighted by atomic mass is 32.2. The molecule has 24 heavy (non-hydrogen) atoms. The van der Waals surface area contributed by atoms with Crippen molar-refractivity contribution < 1.29 is 17.9 Å².